The van der Waals surface area contributed by atoms with E-state index in [9.17, 15) is 0 Å². The average molecular weight is 288 g/mol. The molecule has 3 aromatic rings. The van der Waals surface area contributed by atoms with Crippen LogP contribution in [0.2, 0.25) is 0 Å². The van der Waals surface area contributed by atoms with Gasteiger partial charge < -0.3 is 9.15 Å². The first kappa shape index (κ1) is 13.2. The monoisotopic (exact) mass is 288 g/mol. The lowest BCUT2D eigenvalue weighted by molar-refractivity contribution is 0.415. The normalized spacial score (nSPS) is 12.8. The first-order valence-electron chi connectivity index (χ1n) is 6.30. The molecule has 0 aliphatic heterocycles. The van der Waals surface area contributed by atoms with Crippen LogP contribution in [0, 0.1) is 6.92 Å². The van der Waals surface area contributed by atoms with E-state index in [1.165, 1.54) is 0 Å². The number of aryl methyl sites for hydroxylation is 1. The molecule has 0 amide bonds. The number of hydrogen-bond donors (Lipinski definition) is 2. The first-order chi connectivity index (χ1) is 9.72. The van der Waals surface area contributed by atoms with Crippen molar-refractivity contribution in [3.63, 3.8) is 0 Å². The minimum atomic E-state index is -0.171. The molecule has 1 aromatic carbocycles. The lowest BCUT2D eigenvalue weighted by Crippen LogP contribution is -2.27. The number of hydrogen-bond acceptors (Lipinski definition) is 5. The number of nitrogens with one attached hydrogen (secondary N) is 1. The largest absolute Gasteiger partial charge is 0.496 e. The molecule has 3 N–H and O–H groups in total. The number of thiophene rings is 1. The Hall–Kier alpha value is -1.82. The Balaban J connectivity index is 2.04. The molecule has 5 heteroatoms. The fraction of sp³-hybridized carbons (Fsp3) is 0.200. The van der Waals surface area contributed by atoms with Crippen LogP contribution in [0.4, 0.5) is 0 Å². The third-order valence-corrected chi connectivity index (χ3v) is 4.30. The highest BCUT2D eigenvalue weighted by Crippen LogP contribution is 2.34. The minimum Gasteiger partial charge on any atom is -0.496 e. The summed E-state index contributed by atoms with van der Waals surface area (Å²) in [4.78, 5) is 1.06. The second kappa shape index (κ2) is 5.28. The van der Waals surface area contributed by atoms with Crippen LogP contribution in [0.15, 0.2) is 40.1 Å². The highest BCUT2D eigenvalue weighted by Gasteiger charge is 2.19. The Morgan fingerprint density at radius 2 is 2.20 bits per heavy atom. The predicted molar refractivity (Wildman–Crippen MR) is 81.0 cm³/mol. The molecule has 0 saturated carbocycles. The van der Waals surface area contributed by atoms with Crippen LogP contribution in [0.25, 0.3) is 11.0 Å². The molecule has 4 nitrogen and oxygen atoms in total. The van der Waals surface area contributed by atoms with Crippen molar-refractivity contribution in [2.45, 2.75) is 13.0 Å². The minimum absolute atomic E-state index is 0.171. The molecule has 2 heterocycles. The van der Waals surface area contributed by atoms with E-state index in [2.05, 4.69) is 5.43 Å². The van der Waals surface area contributed by atoms with Crippen LogP contribution in [0.5, 0.6) is 5.75 Å². The summed E-state index contributed by atoms with van der Waals surface area (Å²) in [6.45, 7) is 2.04. The highest BCUT2D eigenvalue weighted by atomic mass is 32.1. The molecule has 104 valence electrons. The van der Waals surface area contributed by atoms with Crippen molar-refractivity contribution in [2.75, 3.05) is 7.11 Å². The smallest absolute Gasteiger partial charge is 0.137 e. The predicted octanol–water partition coefficient (Wildman–Crippen LogP) is 3.36. The molecule has 3 rings (SSSR count). The first-order valence-corrected chi connectivity index (χ1v) is 7.18. The average Bonchev–Trinajstić information content (AvgIpc) is 3.07. The van der Waals surface area contributed by atoms with Gasteiger partial charge in [-0.1, -0.05) is 18.2 Å². The molecule has 20 heavy (non-hydrogen) atoms. The van der Waals surface area contributed by atoms with Crippen LogP contribution in [0.3, 0.4) is 0 Å². The number of para-hydroxylation sites is 1. The topological polar surface area (TPSA) is 60.4 Å². The lowest BCUT2D eigenvalue weighted by Gasteiger charge is -2.10. The van der Waals surface area contributed by atoms with Gasteiger partial charge in [0.2, 0.25) is 0 Å². The van der Waals surface area contributed by atoms with E-state index in [-0.39, 0.29) is 6.04 Å². The maximum Gasteiger partial charge on any atom is 0.137 e. The number of nitrogens with two attached hydrogens (primary N) is 1. The summed E-state index contributed by atoms with van der Waals surface area (Å²) in [6.07, 6.45) is 0. The Kier molecular flexibility index (Phi) is 3.48. The fourth-order valence-corrected chi connectivity index (χ4v) is 3.19. The van der Waals surface area contributed by atoms with Crippen molar-refractivity contribution < 1.29 is 9.15 Å². The van der Waals surface area contributed by atoms with Gasteiger partial charge >= 0.3 is 0 Å². The molecule has 0 fully saturated rings. The summed E-state index contributed by atoms with van der Waals surface area (Å²) in [5, 5.41) is 3.04. The summed E-state index contributed by atoms with van der Waals surface area (Å²) in [5.41, 5.74) is 4.84. The molecule has 0 spiro atoms. The fourth-order valence-electron chi connectivity index (χ4n) is 2.27. The van der Waals surface area contributed by atoms with Crippen LogP contribution in [0.1, 0.15) is 22.2 Å². The molecular formula is C15H16N2O2S. The standard InChI is InChI=1S/C15H16N2O2S/c1-9-4-3-5-10-6-12(19-15(9)10)14(17-16)13-7-11(18-2)8-20-13/h3-8,14,17H,16H2,1-2H3. The van der Waals surface area contributed by atoms with Crippen LogP contribution in [-0.2, 0) is 0 Å². The Morgan fingerprint density at radius 3 is 2.85 bits per heavy atom. The Bertz CT molecular complexity index is 732. The van der Waals surface area contributed by atoms with Gasteiger partial charge in [0.15, 0.2) is 0 Å². The summed E-state index contributed by atoms with van der Waals surface area (Å²) < 4.78 is 11.2. The van der Waals surface area contributed by atoms with Crippen molar-refractivity contribution in [2.24, 2.45) is 5.84 Å². The van der Waals surface area contributed by atoms with E-state index >= 15 is 0 Å². The lowest BCUT2D eigenvalue weighted by atomic mass is 10.1. The molecule has 0 aliphatic rings. The number of methoxy groups -OCH3 is 1. The molecule has 1 unspecified atom stereocenters. The Morgan fingerprint density at radius 1 is 1.35 bits per heavy atom. The maximum absolute atomic E-state index is 5.97. The third kappa shape index (κ3) is 2.20. The van der Waals surface area contributed by atoms with Crippen molar-refractivity contribution >= 4 is 22.3 Å². The van der Waals surface area contributed by atoms with Gasteiger partial charge in [0.1, 0.15) is 23.1 Å². The van der Waals surface area contributed by atoms with Gasteiger partial charge in [-0.15, -0.1) is 11.3 Å². The second-order valence-corrected chi connectivity index (χ2v) is 5.57. The molecular weight excluding hydrogens is 272 g/mol. The van der Waals surface area contributed by atoms with Crippen LogP contribution < -0.4 is 16.0 Å². The van der Waals surface area contributed by atoms with E-state index in [1.54, 1.807) is 18.4 Å². The molecule has 1 atom stereocenters. The Labute approximate surface area is 121 Å². The van der Waals surface area contributed by atoms with Gasteiger partial charge in [-0.25, -0.2) is 5.43 Å². The summed E-state index contributed by atoms with van der Waals surface area (Å²) in [5.74, 6) is 7.34. The summed E-state index contributed by atoms with van der Waals surface area (Å²) in [6, 6.07) is 9.92. The quantitative estimate of drug-likeness (QED) is 0.571. The zero-order chi connectivity index (χ0) is 14.1. The number of furan rings is 1. The van der Waals surface area contributed by atoms with Crippen molar-refractivity contribution in [1.82, 2.24) is 5.43 Å². The SMILES string of the molecule is COc1csc(C(NN)c2cc3cccc(C)c3o2)c1. The van der Waals surface area contributed by atoms with Crippen molar-refractivity contribution in [3.8, 4) is 5.75 Å². The van der Waals surface area contributed by atoms with Gasteiger partial charge in [-0.2, -0.15) is 0 Å². The van der Waals surface area contributed by atoms with Gasteiger partial charge in [0.25, 0.3) is 0 Å². The van der Waals surface area contributed by atoms with Gasteiger partial charge in [-0.3, -0.25) is 5.84 Å². The highest BCUT2D eigenvalue weighted by molar-refractivity contribution is 7.10. The van der Waals surface area contributed by atoms with Gasteiger partial charge in [0, 0.05) is 15.6 Å². The van der Waals surface area contributed by atoms with E-state index in [4.69, 9.17) is 15.0 Å². The van der Waals surface area contributed by atoms with Gasteiger partial charge in [-0.05, 0) is 24.6 Å². The molecule has 0 bridgehead atoms. The maximum atomic E-state index is 5.97. The van der Waals surface area contributed by atoms with Gasteiger partial charge in [0.05, 0.1) is 7.11 Å². The summed E-state index contributed by atoms with van der Waals surface area (Å²) in [7, 11) is 1.65. The van der Waals surface area contributed by atoms with E-state index in [0.29, 0.717) is 0 Å². The molecule has 0 radical (unpaired) electrons. The number of benzene rings is 1. The van der Waals surface area contributed by atoms with Crippen LogP contribution in [-0.4, -0.2) is 7.11 Å². The zero-order valence-electron chi connectivity index (χ0n) is 11.3. The number of hydrazine groups is 1. The number of fused-ring (bicyclic) bond motifs is 1. The number of ether oxygens (including phenoxy) is 1. The zero-order valence-corrected chi connectivity index (χ0v) is 12.2. The second-order valence-electron chi connectivity index (χ2n) is 4.63. The van der Waals surface area contributed by atoms with E-state index in [0.717, 1.165) is 32.9 Å². The third-order valence-electron chi connectivity index (χ3n) is 3.33. The summed E-state index contributed by atoms with van der Waals surface area (Å²) >= 11 is 1.59. The van der Waals surface area contributed by atoms with Crippen LogP contribution >= 0.6 is 11.3 Å². The number of rotatable bonds is 4. The van der Waals surface area contributed by atoms with Crippen molar-refractivity contribution in [3.05, 3.63) is 51.9 Å². The van der Waals surface area contributed by atoms with E-state index in [1.807, 2.05) is 42.6 Å². The molecule has 0 aliphatic carbocycles. The molecule has 2 aromatic heterocycles. The molecule has 0 saturated heterocycles. The van der Waals surface area contributed by atoms with E-state index < -0.39 is 0 Å². The van der Waals surface area contributed by atoms with Crippen molar-refractivity contribution in [1.29, 1.82) is 0 Å².